The molecule has 8 heteroatoms. The molecule has 0 radical (unpaired) electrons. The number of benzene rings is 1. The molecular formula is C17H18ClN5O2. The summed E-state index contributed by atoms with van der Waals surface area (Å²) in [6.45, 7) is 2.64. The number of nitrogens with one attached hydrogen (secondary N) is 3. The van der Waals surface area contributed by atoms with Gasteiger partial charge in [0.1, 0.15) is 5.69 Å². The Morgan fingerprint density at radius 1 is 1.32 bits per heavy atom. The first-order valence-electron chi connectivity index (χ1n) is 7.78. The zero-order valence-electron chi connectivity index (χ0n) is 13.9. The van der Waals surface area contributed by atoms with Crippen molar-refractivity contribution in [1.29, 1.82) is 0 Å². The van der Waals surface area contributed by atoms with E-state index in [0.29, 0.717) is 29.4 Å². The van der Waals surface area contributed by atoms with Crippen molar-refractivity contribution >= 4 is 34.3 Å². The van der Waals surface area contributed by atoms with Gasteiger partial charge in [0.15, 0.2) is 0 Å². The fourth-order valence-electron chi connectivity index (χ4n) is 2.52. The van der Waals surface area contributed by atoms with Crippen molar-refractivity contribution < 1.29 is 9.59 Å². The molecule has 3 aromatic rings. The molecular weight excluding hydrogens is 342 g/mol. The molecule has 0 saturated heterocycles. The van der Waals surface area contributed by atoms with Crippen LogP contribution in [0.3, 0.4) is 0 Å². The highest BCUT2D eigenvalue weighted by Gasteiger charge is 2.14. The molecule has 0 fully saturated rings. The van der Waals surface area contributed by atoms with Crippen molar-refractivity contribution in [1.82, 2.24) is 25.4 Å². The van der Waals surface area contributed by atoms with E-state index in [0.717, 1.165) is 16.6 Å². The van der Waals surface area contributed by atoms with Gasteiger partial charge in [0.05, 0.1) is 10.5 Å². The Hall–Kier alpha value is -2.80. The van der Waals surface area contributed by atoms with Gasteiger partial charge in [-0.2, -0.15) is 5.10 Å². The van der Waals surface area contributed by atoms with E-state index in [2.05, 4.69) is 20.5 Å². The van der Waals surface area contributed by atoms with Gasteiger partial charge < -0.3 is 15.2 Å². The third-order valence-electron chi connectivity index (χ3n) is 3.96. The standard InChI is InChI=1S/C17H18ClN5O2/c1-10-13-7-11(3-4-14(13)22-21-10)16(24)19-5-6-23(2)17(25)15-8-12(18)9-20-15/h3-4,7-9,20H,5-6H2,1-2H3,(H,19,24)(H,21,22). The molecule has 0 atom stereocenters. The monoisotopic (exact) mass is 359 g/mol. The van der Waals surface area contributed by atoms with Crippen LogP contribution in [0.5, 0.6) is 0 Å². The van der Waals surface area contributed by atoms with Crippen LogP contribution in [0, 0.1) is 6.92 Å². The number of carbonyl (C=O) groups excluding carboxylic acids is 2. The van der Waals surface area contributed by atoms with Gasteiger partial charge in [-0.1, -0.05) is 11.6 Å². The Morgan fingerprint density at radius 3 is 2.84 bits per heavy atom. The minimum atomic E-state index is -0.189. The fraction of sp³-hybridized carbons (Fsp3) is 0.235. The first kappa shape index (κ1) is 17.0. The molecule has 0 unspecified atom stereocenters. The smallest absolute Gasteiger partial charge is 0.270 e. The fourth-order valence-corrected chi connectivity index (χ4v) is 2.68. The average Bonchev–Trinajstić information content (AvgIpc) is 3.20. The maximum absolute atomic E-state index is 12.3. The minimum absolute atomic E-state index is 0.184. The number of carbonyl (C=O) groups is 2. The molecule has 1 aromatic carbocycles. The number of hydrogen-bond donors (Lipinski definition) is 3. The van der Waals surface area contributed by atoms with Crippen molar-refractivity contribution in [3.05, 3.63) is 52.4 Å². The number of fused-ring (bicyclic) bond motifs is 1. The van der Waals surface area contributed by atoms with Crippen LogP contribution >= 0.6 is 11.6 Å². The van der Waals surface area contributed by atoms with E-state index in [4.69, 9.17) is 11.6 Å². The Labute approximate surface area is 149 Å². The lowest BCUT2D eigenvalue weighted by molar-refractivity contribution is 0.0782. The van der Waals surface area contributed by atoms with Crippen molar-refractivity contribution in [3.63, 3.8) is 0 Å². The second-order valence-electron chi connectivity index (χ2n) is 5.79. The molecule has 3 rings (SSSR count). The molecule has 2 heterocycles. The molecule has 0 aliphatic carbocycles. The van der Waals surface area contributed by atoms with E-state index in [-0.39, 0.29) is 11.8 Å². The lowest BCUT2D eigenvalue weighted by atomic mass is 10.1. The Bertz CT molecular complexity index is 930. The second kappa shape index (κ2) is 6.98. The summed E-state index contributed by atoms with van der Waals surface area (Å²) in [6.07, 6.45) is 1.55. The van der Waals surface area contributed by atoms with Gasteiger partial charge >= 0.3 is 0 Å². The maximum Gasteiger partial charge on any atom is 0.270 e. The first-order valence-corrected chi connectivity index (χ1v) is 8.16. The molecule has 2 amide bonds. The lowest BCUT2D eigenvalue weighted by Crippen LogP contribution is -2.36. The van der Waals surface area contributed by atoms with Gasteiger partial charge in [-0.05, 0) is 31.2 Å². The van der Waals surface area contributed by atoms with Crippen LogP contribution < -0.4 is 5.32 Å². The maximum atomic E-state index is 12.3. The predicted octanol–water partition coefficient (Wildman–Crippen LogP) is 2.35. The third-order valence-corrected chi connectivity index (χ3v) is 4.18. The number of hydrogen-bond acceptors (Lipinski definition) is 3. The van der Waals surface area contributed by atoms with E-state index >= 15 is 0 Å². The summed E-state index contributed by atoms with van der Waals surface area (Å²) in [6, 6.07) is 6.91. The number of aromatic nitrogens is 3. The van der Waals surface area contributed by atoms with Crippen molar-refractivity contribution in [2.24, 2.45) is 0 Å². The summed E-state index contributed by atoms with van der Waals surface area (Å²) in [5.41, 5.74) is 2.71. The minimum Gasteiger partial charge on any atom is -0.356 e. The van der Waals surface area contributed by atoms with Gasteiger partial charge in [0.25, 0.3) is 11.8 Å². The van der Waals surface area contributed by atoms with Gasteiger partial charge in [-0.15, -0.1) is 0 Å². The lowest BCUT2D eigenvalue weighted by Gasteiger charge is -2.16. The third kappa shape index (κ3) is 3.66. The Balaban J connectivity index is 1.56. The van der Waals surface area contributed by atoms with Crippen LogP contribution in [0.1, 0.15) is 26.5 Å². The average molecular weight is 360 g/mol. The normalized spacial score (nSPS) is 10.8. The van der Waals surface area contributed by atoms with Crippen LogP contribution in [0.4, 0.5) is 0 Å². The van der Waals surface area contributed by atoms with Crippen LogP contribution in [0.2, 0.25) is 5.02 Å². The highest BCUT2D eigenvalue weighted by molar-refractivity contribution is 6.30. The van der Waals surface area contributed by atoms with Crippen LogP contribution in [-0.2, 0) is 0 Å². The largest absolute Gasteiger partial charge is 0.356 e. The molecule has 0 saturated carbocycles. The van der Waals surface area contributed by atoms with Gasteiger partial charge in [0.2, 0.25) is 0 Å². The van der Waals surface area contributed by atoms with Gasteiger partial charge in [-0.25, -0.2) is 0 Å². The van der Waals surface area contributed by atoms with Crippen LogP contribution in [0.25, 0.3) is 10.9 Å². The number of H-pyrrole nitrogens is 2. The number of likely N-dealkylation sites (N-methyl/N-ethyl adjacent to an activating group) is 1. The van der Waals surface area contributed by atoms with E-state index in [9.17, 15) is 9.59 Å². The summed E-state index contributed by atoms with van der Waals surface area (Å²) in [5.74, 6) is -0.372. The van der Waals surface area contributed by atoms with Crippen molar-refractivity contribution in [2.75, 3.05) is 20.1 Å². The molecule has 2 aromatic heterocycles. The van der Waals surface area contributed by atoms with E-state index in [1.54, 1.807) is 37.5 Å². The predicted molar refractivity (Wildman–Crippen MR) is 95.9 cm³/mol. The quantitative estimate of drug-likeness (QED) is 0.652. The Morgan fingerprint density at radius 2 is 2.12 bits per heavy atom. The number of amides is 2. The van der Waals surface area contributed by atoms with E-state index in [1.807, 2.05) is 6.92 Å². The number of halogens is 1. The highest BCUT2D eigenvalue weighted by atomic mass is 35.5. The van der Waals surface area contributed by atoms with Crippen LogP contribution in [0.15, 0.2) is 30.5 Å². The molecule has 130 valence electrons. The molecule has 25 heavy (non-hydrogen) atoms. The summed E-state index contributed by atoms with van der Waals surface area (Å²) < 4.78 is 0. The topological polar surface area (TPSA) is 93.9 Å². The molecule has 3 N–H and O–H groups in total. The van der Waals surface area contributed by atoms with Gasteiger partial charge in [-0.3, -0.25) is 14.7 Å². The zero-order valence-corrected chi connectivity index (χ0v) is 14.6. The van der Waals surface area contributed by atoms with Gasteiger partial charge in [0, 0.05) is 43.0 Å². The molecule has 0 aliphatic heterocycles. The molecule has 0 bridgehead atoms. The van der Waals surface area contributed by atoms with E-state index < -0.39 is 0 Å². The summed E-state index contributed by atoms with van der Waals surface area (Å²) >= 11 is 5.80. The van der Waals surface area contributed by atoms with E-state index in [1.165, 1.54) is 4.90 Å². The highest BCUT2D eigenvalue weighted by Crippen LogP contribution is 2.17. The van der Waals surface area contributed by atoms with Crippen LogP contribution in [-0.4, -0.2) is 52.0 Å². The SMILES string of the molecule is Cc1[nH]nc2ccc(C(=O)NCCN(C)C(=O)c3cc(Cl)c[nH]3)cc12. The summed E-state index contributed by atoms with van der Waals surface area (Å²) in [7, 11) is 1.67. The zero-order chi connectivity index (χ0) is 18.0. The molecule has 0 aliphatic rings. The second-order valence-corrected chi connectivity index (χ2v) is 6.23. The first-order chi connectivity index (χ1) is 12.0. The van der Waals surface area contributed by atoms with Crippen molar-refractivity contribution in [2.45, 2.75) is 6.92 Å². The number of rotatable bonds is 5. The molecule has 7 nitrogen and oxygen atoms in total. The van der Waals surface area contributed by atoms with Crippen molar-refractivity contribution in [3.8, 4) is 0 Å². The summed E-state index contributed by atoms with van der Waals surface area (Å²) in [4.78, 5) is 28.8. The summed E-state index contributed by atoms with van der Waals surface area (Å²) in [5, 5.41) is 11.3. The number of aryl methyl sites for hydroxylation is 1. The number of aromatic amines is 2. The molecule has 0 spiro atoms. The number of nitrogens with zero attached hydrogens (tertiary/aromatic N) is 2. The Kier molecular flexibility index (Phi) is 4.76.